The monoisotopic (exact) mass is 294 g/mol. The van der Waals surface area contributed by atoms with Crippen LogP contribution >= 0.6 is 11.6 Å². The molecule has 2 heterocycles. The van der Waals surface area contributed by atoms with Gasteiger partial charge in [0.2, 0.25) is 0 Å². The van der Waals surface area contributed by atoms with E-state index in [1.165, 1.54) is 25.7 Å². The van der Waals surface area contributed by atoms with Crippen molar-refractivity contribution in [3.05, 3.63) is 11.5 Å². The number of aromatic nitrogens is 4. The molecular formula is C15H23ClN4. The predicted molar refractivity (Wildman–Crippen MR) is 82.2 cm³/mol. The third-order valence-electron chi connectivity index (χ3n) is 4.64. The van der Waals surface area contributed by atoms with Gasteiger partial charge in [-0.25, -0.2) is 4.98 Å². The molecule has 0 atom stereocenters. The summed E-state index contributed by atoms with van der Waals surface area (Å²) in [7, 11) is 2.01. The van der Waals surface area contributed by atoms with Crippen molar-refractivity contribution in [3.63, 3.8) is 0 Å². The Labute approximate surface area is 125 Å². The molecule has 3 rings (SSSR count). The molecule has 0 spiro atoms. The van der Waals surface area contributed by atoms with Gasteiger partial charge >= 0.3 is 0 Å². The summed E-state index contributed by atoms with van der Waals surface area (Å²) < 4.78 is 4.33. The van der Waals surface area contributed by atoms with Crippen LogP contribution in [0.2, 0.25) is 0 Å². The number of hydrogen-bond acceptors (Lipinski definition) is 2. The van der Waals surface area contributed by atoms with Gasteiger partial charge in [-0.3, -0.25) is 4.68 Å². The van der Waals surface area contributed by atoms with Gasteiger partial charge in [0.15, 0.2) is 5.65 Å². The zero-order valence-corrected chi connectivity index (χ0v) is 13.4. The Kier molecular flexibility index (Phi) is 3.53. The van der Waals surface area contributed by atoms with Crippen LogP contribution in [0, 0.1) is 12.3 Å². The number of aryl methyl sites for hydroxylation is 3. The lowest BCUT2D eigenvalue weighted by atomic mass is 9.89. The first kappa shape index (κ1) is 13.9. The van der Waals surface area contributed by atoms with Crippen LogP contribution < -0.4 is 0 Å². The van der Waals surface area contributed by atoms with E-state index in [4.69, 9.17) is 16.6 Å². The highest BCUT2D eigenvalue weighted by Gasteiger charge is 2.31. The smallest absolute Gasteiger partial charge is 0.158 e. The molecule has 1 aliphatic rings. The van der Waals surface area contributed by atoms with Crippen LogP contribution in [-0.4, -0.2) is 25.2 Å². The van der Waals surface area contributed by atoms with Crippen LogP contribution in [0.15, 0.2) is 0 Å². The molecule has 0 unspecified atom stereocenters. The molecule has 1 aliphatic carbocycles. The van der Waals surface area contributed by atoms with Crippen LogP contribution in [0.5, 0.6) is 0 Å². The number of hydrogen-bond donors (Lipinski definition) is 0. The van der Waals surface area contributed by atoms with E-state index >= 15 is 0 Å². The molecule has 0 aliphatic heterocycles. The second-order valence-electron chi connectivity index (χ2n) is 6.45. The maximum Gasteiger partial charge on any atom is 0.158 e. The first-order chi connectivity index (χ1) is 9.54. The summed E-state index contributed by atoms with van der Waals surface area (Å²) in [5.74, 6) is 1.73. The molecule has 1 saturated carbocycles. The van der Waals surface area contributed by atoms with Crippen molar-refractivity contribution in [1.29, 1.82) is 0 Å². The van der Waals surface area contributed by atoms with Crippen LogP contribution in [0.4, 0.5) is 0 Å². The van der Waals surface area contributed by atoms with E-state index in [9.17, 15) is 0 Å². The van der Waals surface area contributed by atoms with E-state index in [0.29, 0.717) is 11.3 Å². The largest absolute Gasteiger partial charge is 0.312 e. The Bertz CT molecular complexity index is 619. The first-order valence-electron chi connectivity index (χ1n) is 7.49. The molecule has 110 valence electrons. The van der Waals surface area contributed by atoms with Gasteiger partial charge in [-0.05, 0) is 25.2 Å². The van der Waals surface area contributed by atoms with Crippen molar-refractivity contribution < 1.29 is 0 Å². The normalized spacial score (nSPS) is 18.2. The Morgan fingerprint density at radius 2 is 2.00 bits per heavy atom. The number of imidazole rings is 1. The Balaban J connectivity index is 2.08. The number of alkyl halides is 1. The van der Waals surface area contributed by atoms with Gasteiger partial charge in [0, 0.05) is 25.9 Å². The Morgan fingerprint density at radius 1 is 1.30 bits per heavy atom. The van der Waals surface area contributed by atoms with Crippen LogP contribution in [0.3, 0.4) is 0 Å². The highest BCUT2D eigenvalue weighted by Crippen LogP contribution is 2.40. The maximum atomic E-state index is 5.96. The lowest BCUT2D eigenvalue weighted by molar-refractivity contribution is 0.280. The molecule has 0 bridgehead atoms. The van der Waals surface area contributed by atoms with E-state index in [2.05, 4.69) is 16.6 Å². The molecule has 5 heteroatoms. The van der Waals surface area contributed by atoms with Crippen molar-refractivity contribution in [3.8, 4) is 0 Å². The predicted octanol–water partition coefficient (Wildman–Crippen LogP) is 3.44. The molecule has 0 radical (unpaired) electrons. The molecule has 0 amide bonds. The van der Waals surface area contributed by atoms with E-state index in [1.807, 2.05) is 18.7 Å². The summed E-state index contributed by atoms with van der Waals surface area (Å²) in [5.41, 5.74) is 3.59. The fourth-order valence-corrected chi connectivity index (χ4v) is 3.76. The number of nitrogens with zero attached hydrogens (tertiary/aromatic N) is 4. The molecule has 0 N–H and O–H groups in total. The molecule has 4 nitrogen and oxygen atoms in total. The fraction of sp³-hybridized carbons (Fsp3) is 0.733. The van der Waals surface area contributed by atoms with Gasteiger partial charge < -0.3 is 4.57 Å². The van der Waals surface area contributed by atoms with E-state index in [0.717, 1.165) is 35.6 Å². The lowest BCUT2D eigenvalue weighted by Crippen LogP contribution is -2.22. The van der Waals surface area contributed by atoms with Crippen molar-refractivity contribution >= 4 is 22.8 Å². The number of fused-ring (bicyclic) bond motifs is 1. The van der Waals surface area contributed by atoms with Gasteiger partial charge in [0.1, 0.15) is 11.3 Å². The van der Waals surface area contributed by atoms with E-state index in [-0.39, 0.29) is 0 Å². The summed E-state index contributed by atoms with van der Waals surface area (Å²) >= 11 is 5.96. The minimum atomic E-state index is 0.396. The molecule has 2 aromatic heterocycles. The third kappa shape index (κ3) is 2.24. The summed E-state index contributed by atoms with van der Waals surface area (Å²) in [6.07, 6.45) is 6.15. The van der Waals surface area contributed by atoms with Crippen molar-refractivity contribution in [2.45, 2.75) is 52.5 Å². The molecule has 0 saturated heterocycles. The van der Waals surface area contributed by atoms with Gasteiger partial charge in [-0.1, -0.05) is 19.8 Å². The van der Waals surface area contributed by atoms with Crippen molar-refractivity contribution in [1.82, 2.24) is 19.3 Å². The quantitative estimate of drug-likeness (QED) is 0.810. The van der Waals surface area contributed by atoms with Crippen molar-refractivity contribution in [2.24, 2.45) is 12.5 Å². The summed E-state index contributed by atoms with van der Waals surface area (Å²) in [4.78, 5) is 4.79. The van der Waals surface area contributed by atoms with Gasteiger partial charge in [0.25, 0.3) is 0 Å². The van der Waals surface area contributed by atoms with Gasteiger partial charge in [0.05, 0.1) is 5.69 Å². The topological polar surface area (TPSA) is 35.6 Å². The zero-order valence-electron chi connectivity index (χ0n) is 12.6. The maximum absolute atomic E-state index is 5.96. The first-order valence-corrected chi connectivity index (χ1v) is 8.02. The highest BCUT2D eigenvalue weighted by atomic mass is 35.5. The second kappa shape index (κ2) is 5.06. The fourth-order valence-electron chi connectivity index (χ4n) is 3.59. The molecule has 2 aromatic rings. The average molecular weight is 295 g/mol. The molecule has 0 aromatic carbocycles. The number of halogens is 1. The molecule has 1 fully saturated rings. The highest BCUT2D eigenvalue weighted by molar-refractivity contribution is 6.17. The van der Waals surface area contributed by atoms with Gasteiger partial charge in [-0.2, -0.15) is 5.10 Å². The SMILES string of the molecule is Cc1nn(C)c2c1nc(CCCl)n2CC1(C)CCCC1. The zero-order chi connectivity index (χ0) is 14.3. The minimum Gasteiger partial charge on any atom is -0.312 e. The third-order valence-corrected chi connectivity index (χ3v) is 4.83. The molecule has 20 heavy (non-hydrogen) atoms. The van der Waals surface area contributed by atoms with Crippen molar-refractivity contribution in [2.75, 3.05) is 5.88 Å². The second-order valence-corrected chi connectivity index (χ2v) is 6.83. The average Bonchev–Trinajstić information content (AvgIpc) is 3.02. The summed E-state index contributed by atoms with van der Waals surface area (Å²) in [6, 6.07) is 0. The Morgan fingerprint density at radius 3 is 2.65 bits per heavy atom. The van der Waals surface area contributed by atoms with E-state index < -0.39 is 0 Å². The van der Waals surface area contributed by atoms with Crippen LogP contribution in [0.1, 0.15) is 44.1 Å². The Hall–Kier alpha value is -1.03. The summed E-state index contributed by atoms with van der Waals surface area (Å²) in [5, 5.41) is 4.51. The van der Waals surface area contributed by atoms with Crippen LogP contribution in [0.25, 0.3) is 11.2 Å². The standard InChI is InChI=1S/C15H23ClN4/c1-11-13-14(19(3)18-11)20(12(17-13)6-9-16)10-15(2)7-4-5-8-15/h4-10H2,1-3H3. The lowest BCUT2D eigenvalue weighted by Gasteiger charge is -2.25. The minimum absolute atomic E-state index is 0.396. The number of rotatable bonds is 4. The molecular weight excluding hydrogens is 272 g/mol. The van der Waals surface area contributed by atoms with Crippen LogP contribution in [-0.2, 0) is 20.0 Å². The van der Waals surface area contributed by atoms with E-state index in [1.54, 1.807) is 0 Å². The summed E-state index contributed by atoms with van der Waals surface area (Å²) in [6.45, 7) is 5.47. The van der Waals surface area contributed by atoms with Gasteiger partial charge in [-0.15, -0.1) is 11.6 Å².